The zero-order valence-electron chi connectivity index (χ0n) is 12.0. The average molecular weight is 282 g/mol. The Kier molecular flexibility index (Phi) is 8.06. The first-order chi connectivity index (χ1) is 8.75. The van der Waals surface area contributed by atoms with Crippen molar-refractivity contribution in [1.29, 1.82) is 0 Å². The molecule has 0 saturated carbocycles. The summed E-state index contributed by atoms with van der Waals surface area (Å²) in [5.41, 5.74) is 5.74. The predicted octanol–water partition coefficient (Wildman–Crippen LogP) is 3.08. The maximum atomic E-state index is 12.6. The molecule has 0 spiro atoms. The quantitative estimate of drug-likeness (QED) is 0.743. The van der Waals surface area contributed by atoms with E-state index in [-0.39, 0.29) is 18.5 Å². The van der Waals surface area contributed by atoms with Crippen molar-refractivity contribution < 1.29 is 18.0 Å². The lowest BCUT2D eigenvalue weighted by Gasteiger charge is -2.32. The molecule has 0 fully saturated rings. The number of alkyl halides is 3. The number of amides is 1. The molecule has 6 heteroatoms. The molecule has 0 rings (SSSR count). The van der Waals surface area contributed by atoms with Gasteiger partial charge in [-0.25, -0.2) is 0 Å². The fourth-order valence-corrected chi connectivity index (χ4v) is 2.16. The van der Waals surface area contributed by atoms with Crippen molar-refractivity contribution >= 4 is 5.91 Å². The Labute approximate surface area is 113 Å². The minimum absolute atomic E-state index is 0.0135. The Morgan fingerprint density at radius 2 is 1.74 bits per heavy atom. The molecule has 0 aromatic heterocycles. The Bertz CT molecular complexity index is 265. The molecule has 0 aliphatic rings. The van der Waals surface area contributed by atoms with E-state index in [0.29, 0.717) is 19.3 Å². The van der Waals surface area contributed by atoms with Gasteiger partial charge in [0, 0.05) is 18.5 Å². The lowest BCUT2D eigenvalue weighted by molar-refractivity contribution is -0.166. The molecule has 1 amide bonds. The van der Waals surface area contributed by atoms with Crippen LogP contribution in [0.2, 0.25) is 0 Å². The number of nitrogens with two attached hydrogens (primary N) is 1. The summed E-state index contributed by atoms with van der Waals surface area (Å²) in [6, 6.07) is -0.731. The number of halogens is 3. The number of hydrogen-bond donors (Lipinski definition) is 1. The summed E-state index contributed by atoms with van der Waals surface area (Å²) >= 11 is 0. The fourth-order valence-electron chi connectivity index (χ4n) is 2.16. The monoisotopic (exact) mass is 282 g/mol. The van der Waals surface area contributed by atoms with Gasteiger partial charge in [0.1, 0.15) is 6.54 Å². The maximum absolute atomic E-state index is 12.6. The molecule has 0 aromatic carbocycles. The van der Waals surface area contributed by atoms with Gasteiger partial charge in [0.05, 0.1) is 0 Å². The smallest absolute Gasteiger partial charge is 0.331 e. The minimum atomic E-state index is -4.37. The molecule has 1 unspecified atom stereocenters. The Morgan fingerprint density at radius 3 is 2.11 bits per heavy atom. The lowest BCUT2D eigenvalue weighted by Crippen LogP contribution is -2.46. The molecule has 1 atom stereocenters. The van der Waals surface area contributed by atoms with Crippen molar-refractivity contribution in [3.05, 3.63) is 0 Å². The van der Waals surface area contributed by atoms with Gasteiger partial charge in [-0.2, -0.15) is 13.2 Å². The van der Waals surface area contributed by atoms with Gasteiger partial charge in [-0.05, 0) is 19.3 Å². The Balaban J connectivity index is 4.76. The van der Waals surface area contributed by atoms with Gasteiger partial charge in [0.2, 0.25) is 5.91 Å². The second-order valence-electron chi connectivity index (χ2n) is 4.86. The molecular formula is C13H25F3N2O. The first-order valence-electron chi connectivity index (χ1n) is 6.86. The second-order valence-corrected chi connectivity index (χ2v) is 4.86. The van der Waals surface area contributed by atoms with Crippen LogP contribution in [0.25, 0.3) is 0 Å². The zero-order valence-corrected chi connectivity index (χ0v) is 12.0. The van der Waals surface area contributed by atoms with E-state index in [4.69, 9.17) is 5.73 Å². The van der Waals surface area contributed by atoms with E-state index in [1.807, 2.05) is 6.92 Å². The first kappa shape index (κ1) is 18.2. The summed E-state index contributed by atoms with van der Waals surface area (Å²) < 4.78 is 37.7. The van der Waals surface area contributed by atoms with E-state index in [2.05, 4.69) is 0 Å². The van der Waals surface area contributed by atoms with E-state index in [9.17, 15) is 18.0 Å². The van der Waals surface area contributed by atoms with Crippen molar-refractivity contribution in [2.24, 2.45) is 5.73 Å². The van der Waals surface area contributed by atoms with Crippen LogP contribution in [0.5, 0.6) is 0 Å². The molecule has 0 heterocycles. The fraction of sp³-hybridized carbons (Fsp3) is 0.923. The SMILES string of the molecule is CCCC(N)CC(=O)N(CC(F)(F)F)C(CC)CC. The van der Waals surface area contributed by atoms with Crippen molar-refractivity contribution in [2.45, 2.75) is 71.1 Å². The molecule has 0 aliphatic carbocycles. The molecule has 19 heavy (non-hydrogen) atoms. The summed E-state index contributed by atoms with van der Waals surface area (Å²) in [5, 5.41) is 0. The largest absolute Gasteiger partial charge is 0.406 e. The van der Waals surface area contributed by atoms with Crippen molar-refractivity contribution in [3.8, 4) is 0 Å². The molecule has 0 radical (unpaired) electrons. The third kappa shape index (κ3) is 7.40. The highest BCUT2D eigenvalue weighted by Gasteiger charge is 2.35. The van der Waals surface area contributed by atoms with Crippen LogP contribution in [0, 0.1) is 0 Å². The third-order valence-electron chi connectivity index (χ3n) is 3.15. The van der Waals surface area contributed by atoms with Gasteiger partial charge in [-0.15, -0.1) is 0 Å². The maximum Gasteiger partial charge on any atom is 0.406 e. The number of carbonyl (C=O) groups is 1. The normalized spacial score (nSPS) is 13.7. The van der Waals surface area contributed by atoms with Gasteiger partial charge in [-0.1, -0.05) is 27.2 Å². The zero-order chi connectivity index (χ0) is 15.1. The summed E-state index contributed by atoms with van der Waals surface area (Å²) in [6.07, 6.45) is -1.89. The number of nitrogens with zero attached hydrogens (tertiary/aromatic N) is 1. The average Bonchev–Trinajstić information content (AvgIpc) is 2.27. The highest BCUT2D eigenvalue weighted by atomic mass is 19.4. The number of rotatable bonds is 8. The Morgan fingerprint density at radius 1 is 1.21 bits per heavy atom. The molecule has 0 bridgehead atoms. The molecule has 3 nitrogen and oxygen atoms in total. The van der Waals surface area contributed by atoms with Gasteiger partial charge in [-0.3, -0.25) is 4.79 Å². The molecule has 114 valence electrons. The van der Waals surface area contributed by atoms with Crippen LogP contribution < -0.4 is 5.73 Å². The summed E-state index contributed by atoms with van der Waals surface area (Å²) in [7, 11) is 0. The first-order valence-corrected chi connectivity index (χ1v) is 6.86. The molecule has 0 aromatic rings. The van der Waals surface area contributed by atoms with Gasteiger partial charge >= 0.3 is 6.18 Å². The predicted molar refractivity (Wildman–Crippen MR) is 69.6 cm³/mol. The van der Waals surface area contributed by atoms with Crippen LogP contribution in [0.1, 0.15) is 52.9 Å². The van der Waals surface area contributed by atoms with Crippen LogP contribution in [0.4, 0.5) is 13.2 Å². The van der Waals surface area contributed by atoms with E-state index in [1.165, 1.54) is 0 Å². The van der Waals surface area contributed by atoms with Gasteiger partial charge in [0.15, 0.2) is 0 Å². The molecule has 0 saturated heterocycles. The molecule has 0 aliphatic heterocycles. The van der Waals surface area contributed by atoms with E-state index >= 15 is 0 Å². The molecule has 2 N–H and O–H groups in total. The van der Waals surface area contributed by atoms with Crippen molar-refractivity contribution in [3.63, 3.8) is 0 Å². The van der Waals surface area contributed by atoms with Crippen molar-refractivity contribution in [2.75, 3.05) is 6.54 Å². The van der Waals surface area contributed by atoms with E-state index in [1.54, 1.807) is 13.8 Å². The topological polar surface area (TPSA) is 46.3 Å². The van der Waals surface area contributed by atoms with Crippen LogP contribution in [0.3, 0.4) is 0 Å². The summed E-state index contributed by atoms with van der Waals surface area (Å²) in [5.74, 6) is -0.494. The van der Waals surface area contributed by atoms with E-state index in [0.717, 1.165) is 11.3 Å². The second kappa shape index (κ2) is 8.40. The van der Waals surface area contributed by atoms with Gasteiger partial charge < -0.3 is 10.6 Å². The third-order valence-corrected chi connectivity index (χ3v) is 3.15. The summed E-state index contributed by atoms with van der Waals surface area (Å²) in [4.78, 5) is 13.0. The number of carbonyl (C=O) groups excluding carboxylic acids is 1. The highest BCUT2D eigenvalue weighted by Crippen LogP contribution is 2.21. The van der Waals surface area contributed by atoms with Crippen LogP contribution >= 0.6 is 0 Å². The Hall–Kier alpha value is -0.780. The standard InChI is InChI=1S/C13H25F3N2O/c1-4-7-10(17)8-12(19)18(9-13(14,15)16)11(5-2)6-3/h10-11H,4-9,17H2,1-3H3. The minimum Gasteiger partial charge on any atom is -0.331 e. The van der Waals surface area contributed by atoms with Crippen LogP contribution in [-0.2, 0) is 4.79 Å². The van der Waals surface area contributed by atoms with E-state index < -0.39 is 18.6 Å². The van der Waals surface area contributed by atoms with Crippen molar-refractivity contribution in [1.82, 2.24) is 4.90 Å². The van der Waals surface area contributed by atoms with Crippen LogP contribution in [-0.4, -0.2) is 35.6 Å². The van der Waals surface area contributed by atoms with Crippen LogP contribution in [0.15, 0.2) is 0 Å². The number of hydrogen-bond acceptors (Lipinski definition) is 2. The molecular weight excluding hydrogens is 257 g/mol. The lowest BCUT2D eigenvalue weighted by atomic mass is 10.1. The van der Waals surface area contributed by atoms with Gasteiger partial charge in [0.25, 0.3) is 0 Å². The summed E-state index contributed by atoms with van der Waals surface area (Å²) in [6.45, 7) is 4.32. The highest BCUT2D eigenvalue weighted by molar-refractivity contribution is 5.77.